The standard InChI is InChI=1S/C25H16F2N2O4S2/c1-11-7-13-8-12(4-5-16(13)33-11)22(30)19-21(17-3-2-6-34-17)29(24(32)23(19)31)25-28-20-15(27)9-14(26)10-18(20)35-25/h2-6,8-11,21,30H,7H2,1H3/b22-19+. The number of amides is 1. The number of carbonyl (C=O) groups is 2. The maximum atomic E-state index is 14.3. The van der Waals surface area contributed by atoms with E-state index in [4.69, 9.17) is 4.74 Å². The van der Waals surface area contributed by atoms with Crippen molar-refractivity contribution in [3.8, 4) is 5.75 Å². The smallest absolute Gasteiger partial charge is 0.301 e. The number of hydrogen-bond acceptors (Lipinski definition) is 7. The van der Waals surface area contributed by atoms with E-state index in [0.717, 1.165) is 33.9 Å². The third kappa shape index (κ3) is 3.43. The number of ketones is 1. The second-order valence-corrected chi connectivity index (χ2v) is 10.4. The zero-order valence-electron chi connectivity index (χ0n) is 18.1. The summed E-state index contributed by atoms with van der Waals surface area (Å²) in [5, 5.41) is 13.1. The molecule has 0 spiro atoms. The highest BCUT2D eigenvalue weighted by Gasteiger charge is 2.48. The van der Waals surface area contributed by atoms with Crippen molar-refractivity contribution in [2.75, 3.05) is 4.90 Å². The van der Waals surface area contributed by atoms with Crippen molar-refractivity contribution in [2.45, 2.75) is 25.5 Å². The minimum Gasteiger partial charge on any atom is -0.507 e. The molecule has 2 aliphatic rings. The Morgan fingerprint density at radius 1 is 1.20 bits per heavy atom. The number of rotatable bonds is 3. The lowest BCUT2D eigenvalue weighted by atomic mass is 9.98. The summed E-state index contributed by atoms with van der Waals surface area (Å²) in [6.07, 6.45) is 0.663. The zero-order chi connectivity index (χ0) is 24.4. The summed E-state index contributed by atoms with van der Waals surface area (Å²) in [5.41, 5.74) is 1.10. The van der Waals surface area contributed by atoms with Gasteiger partial charge in [0.25, 0.3) is 5.78 Å². The van der Waals surface area contributed by atoms with Crippen LogP contribution >= 0.6 is 22.7 Å². The van der Waals surface area contributed by atoms with Gasteiger partial charge in [-0.3, -0.25) is 14.5 Å². The van der Waals surface area contributed by atoms with Crippen LogP contribution in [-0.2, 0) is 16.0 Å². The molecule has 1 saturated heterocycles. The second-order valence-electron chi connectivity index (χ2n) is 8.37. The largest absolute Gasteiger partial charge is 0.507 e. The first-order chi connectivity index (χ1) is 16.8. The van der Waals surface area contributed by atoms with Crippen molar-refractivity contribution in [1.29, 1.82) is 0 Å². The molecule has 0 saturated carbocycles. The van der Waals surface area contributed by atoms with Crippen molar-refractivity contribution < 1.29 is 28.2 Å². The molecule has 2 aliphatic heterocycles. The lowest BCUT2D eigenvalue weighted by Gasteiger charge is -2.21. The van der Waals surface area contributed by atoms with Crippen LogP contribution in [0.1, 0.15) is 29.0 Å². The highest BCUT2D eigenvalue weighted by atomic mass is 32.1. The van der Waals surface area contributed by atoms with E-state index in [9.17, 15) is 23.5 Å². The molecule has 4 heterocycles. The van der Waals surface area contributed by atoms with E-state index in [1.807, 2.05) is 6.92 Å². The fourth-order valence-corrected chi connectivity index (χ4v) is 6.37. The summed E-state index contributed by atoms with van der Waals surface area (Å²) >= 11 is 2.20. The van der Waals surface area contributed by atoms with E-state index < -0.39 is 29.4 Å². The fourth-order valence-electron chi connectivity index (χ4n) is 4.52. The van der Waals surface area contributed by atoms with E-state index in [2.05, 4.69) is 4.98 Å². The molecule has 2 atom stereocenters. The number of aliphatic hydroxyl groups excluding tert-OH is 1. The minimum atomic E-state index is -0.966. The Kier molecular flexibility index (Phi) is 4.97. The molecule has 1 amide bonds. The molecule has 0 bridgehead atoms. The predicted octanol–water partition coefficient (Wildman–Crippen LogP) is 5.59. The van der Waals surface area contributed by atoms with Gasteiger partial charge in [0, 0.05) is 22.9 Å². The number of halogens is 2. The normalized spacial score (nSPS) is 21.1. The molecule has 6 rings (SSSR count). The van der Waals surface area contributed by atoms with Gasteiger partial charge in [0.2, 0.25) is 0 Å². The number of nitrogens with zero attached hydrogens (tertiary/aromatic N) is 2. The van der Waals surface area contributed by atoms with Gasteiger partial charge in [0.05, 0.1) is 10.3 Å². The van der Waals surface area contributed by atoms with Gasteiger partial charge in [-0.25, -0.2) is 13.8 Å². The van der Waals surface area contributed by atoms with Crippen LogP contribution in [0, 0.1) is 11.6 Å². The van der Waals surface area contributed by atoms with Crippen molar-refractivity contribution in [3.05, 3.63) is 81.1 Å². The number of carbonyl (C=O) groups excluding carboxylic acids is 2. The molecule has 10 heteroatoms. The van der Waals surface area contributed by atoms with Gasteiger partial charge in [-0.1, -0.05) is 17.4 Å². The molecule has 6 nitrogen and oxygen atoms in total. The van der Waals surface area contributed by atoms with Crippen LogP contribution in [0.2, 0.25) is 0 Å². The third-order valence-electron chi connectivity index (χ3n) is 6.03. The van der Waals surface area contributed by atoms with Crippen LogP contribution in [0.15, 0.2) is 53.4 Å². The van der Waals surface area contributed by atoms with E-state index in [-0.39, 0.29) is 32.8 Å². The Morgan fingerprint density at radius 3 is 2.80 bits per heavy atom. The number of aliphatic hydroxyl groups is 1. The van der Waals surface area contributed by atoms with Gasteiger partial charge in [0.1, 0.15) is 35.0 Å². The van der Waals surface area contributed by atoms with Crippen molar-refractivity contribution in [2.24, 2.45) is 0 Å². The van der Waals surface area contributed by atoms with E-state index in [1.165, 1.54) is 11.3 Å². The molecule has 176 valence electrons. The molecule has 2 aromatic heterocycles. The van der Waals surface area contributed by atoms with Gasteiger partial charge in [-0.05, 0) is 48.2 Å². The molecular formula is C25H16F2N2O4S2. The molecule has 0 radical (unpaired) electrons. The minimum absolute atomic E-state index is 0.00311. The van der Waals surface area contributed by atoms with Gasteiger partial charge in [-0.2, -0.15) is 0 Å². The Balaban J connectivity index is 1.52. The average molecular weight is 511 g/mol. The monoisotopic (exact) mass is 510 g/mol. The average Bonchev–Trinajstić information content (AvgIpc) is 3.59. The first-order valence-electron chi connectivity index (χ1n) is 10.7. The van der Waals surface area contributed by atoms with E-state index in [1.54, 1.807) is 35.7 Å². The molecule has 2 unspecified atom stereocenters. The summed E-state index contributed by atoms with van der Waals surface area (Å²) < 4.78 is 34.0. The first kappa shape index (κ1) is 21.9. The maximum absolute atomic E-state index is 14.3. The van der Waals surface area contributed by atoms with E-state index >= 15 is 0 Å². The van der Waals surface area contributed by atoms with Crippen LogP contribution in [0.3, 0.4) is 0 Å². The summed E-state index contributed by atoms with van der Waals surface area (Å²) in [4.78, 5) is 32.5. The number of fused-ring (bicyclic) bond motifs is 2. The number of aromatic nitrogens is 1. The summed E-state index contributed by atoms with van der Waals surface area (Å²) in [6, 6.07) is 9.51. The number of Topliss-reactive ketones (excluding diaryl/α,β-unsaturated/α-hetero) is 1. The number of ether oxygens (including phenoxy) is 1. The van der Waals surface area contributed by atoms with Gasteiger partial charge < -0.3 is 9.84 Å². The SMILES string of the molecule is CC1Cc2cc(/C(O)=C3\C(=O)C(=O)N(c4nc5c(F)cc(F)cc5s4)C3c3cccs3)ccc2O1. The number of thiophene rings is 1. The molecule has 35 heavy (non-hydrogen) atoms. The maximum Gasteiger partial charge on any atom is 0.301 e. The molecule has 0 aliphatic carbocycles. The first-order valence-corrected chi connectivity index (χ1v) is 12.4. The lowest BCUT2D eigenvalue weighted by Crippen LogP contribution is -2.28. The highest BCUT2D eigenvalue weighted by molar-refractivity contribution is 7.22. The fraction of sp³-hybridized carbons (Fsp3) is 0.160. The quantitative estimate of drug-likeness (QED) is 0.221. The number of hydrogen-bond donors (Lipinski definition) is 1. The van der Waals surface area contributed by atoms with Gasteiger partial charge >= 0.3 is 5.91 Å². The molecule has 1 fully saturated rings. The highest BCUT2D eigenvalue weighted by Crippen LogP contribution is 2.46. The van der Waals surface area contributed by atoms with Gasteiger partial charge in [-0.15, -0.1) is 11.3 Å². The molecule has 1 N–H and O–H groups in total. The van der Waals surface area contributed by atoms with Crippen molar-refractivity contribution in [1.82, 2.24) is 4.98 Å². The third-order valence-corrected chi connectivity index (χ3v) is 7.96. The van der Waals surface area contributed by atoms with Crippen LogP contribution in [0.4, 0.5) is 13.9 Å². The number of thiazole rings is 1. The summed E-state index contributed by atoms with van der Waals surface area (Å²) in [7, 11) is 0. The molecule has 4 aromatic rings. The van der Waals surface area contributed by atoms with Crippen LogP contribution in [0.25, 0.3) is 16.0 Å². The van der Waals surface area contributed by atoms with Crippen LogP contribution in [-0.4, -0.2) is 27.9 Å². The van der Waals surface area contributed by atoms with E-state index in [0.29, 0.717) is 22.6 Å². The lowest BCUT2D eigenvalue weighted by molar-refractivity contribution is -0.132. The molecule has 2 aromatic carbocycles. The summed E-state index contributed by atoms with van der Waals surface area (Å²) in [6.45, 7) is 1.94. The van der Waals surface area contributed by atoms with Crippen molar-refractivity contribution >= 4 is 55.5 Å². The summed E-state index contributed by atoms with van der Waals surface area (Å²) in [5.74, 6) is -3.00. The zero-order valence-corrected chi connectivity index (χ0v) is 19.8. The topological polar surface area (TPSA) is 79.7 Å². The Bertz CT molecular complexity index is 1560. The predicted molar refractivity (Wildman–Crippen MR) is 129 cm³/mol. The van der Waals surface area contributed by atoms with Crippen LogP contribution in [0.5, 0.6) is 5.75 Å². The number of anilines is 1. The van der Waals surface area contributed by atoms with Gasteiger partial charge in [0.15, 0.2) is 10.9 Å². The number of benzene rings is 2. The van der Waals surface area contributed by atoms with Crippen molar-refractivity contribution in [3.63, 3.8) is 0 Å². The second kappa shape index (κ2) is 7.96. The Morgan fingerprint density at radius 2 is 2.03 bits per heavy atom. The Hall–Kier alpha value is -3.63. The Labute approximate surface area is 205 Å². The molecular weight excluding hydrogens is 494 g/mol. The van der Waals surface area contributed by atoms with Crippen LogP contribution < -0.4 is 9.64 Å².